The maximum atomic E-state index is 11.9. The van der Waals surface area contributed by atoms with Gasteiger partial charge in [-0.3, -0.25) is 4.79 Å². The summed E-state index contributed by atoms with van der Waals surface area (Å²) in [6, 6.07) is 9.89. The lowest BCUT2D eigenvalue weighted by molar-refractivity contribution is -0.121. The van der Waals surface area contributed by atoms with Gasteiger partial charge in [-0.15, -0.1) is 0 Å². The third-order valence-corrected chi connectivity index (χ3v) is 3.87. The Bertz CT molecular complexity index is 524. The normalized spacial score (nSPS) is 11.3. The van der Waals surface area contributed by atoms with Gasteiger partial charge in [0.15, 0.2) is 0 Å². The third-order valence-electron chi connectivity index (χ3n) is 3.87. The van der Waals surface area contributed by atoms with Crippen molar-refractivity contribution in [2.45, 2.75) is 71.6 Å². The summed E-state index contributed by atoms with van der Waals surface area (Å²) in [5.74, 6) is 0.192. The average molecular weight is 330 g/mol. The molecule has 0 saturated heterocycles. The highest BCUT2D eigenvalue weighted by Gasteiger charge is 2.06. The largest absolute Gasteiger partial charge is 0.300 e. The number of nitrogens with zero attached hydrogens (tertiary/aromatic N) is 1. The van der Waals surface area contributed by atoms with Crippen molar-refractivity contribution >= 4 is 17.4 Å². The Hall–Kier alpha value is -1.97. The lowest BCUT2D eigenvalue weighted by atomic mass is 10.0. The molecule has 1 N–H and O–H groups in total. The van der Waals surface area contributed by atoms with Crippen molar-refractivity contribution in [2.24, 2.45) is 5.10 Å². The molecule has 0 fully saturated rings. The van der Waals surface area contributed by atoms with Crippen LogP contribution in [-0.2, 0) is 9.59 Å². The van der Waals surface area contributed by atoms with Gasteiger partial charge in [0.05, 0.1) is 5.71 Å². The number of Topliss-reactive ketones (excluding diaryl/α,β-unsaturated/α-hetero) is 1. The van der Waals surface area contributed by atoms with Crippen LogP contribution in [0.25, 0.3) is 0 Å². The molecule has 1 aromatic carbocycles. The van der Waals surface area contributed by atoms with Crippen molar-refractivity contribution in [1.29, 1.82) is 0 Å². The number of hydrogen-bond donors (Lipinski definition) is 1. The van der Waals surface area contributed by atoms with Gasteiger partial charge in [-0.25, -0.2) is 5.43 Å². The van der Waals surface area contributed by atoms with E-state index in [0.29, 0.717) is 12.8 Å². The highest BCUT2D eigenvalue weighted by atomic mass is 16.2. The summed E-state index contributed by atoms with van der Waals surface area (Å²) in [6.45, 7) is 3.77. The van der Waals surface area contributed by atoms with E-state index < -0.39 is 0 Å². The Balaban J connectivity index is 2.54. The van der Waals surface area contributed by atoms with E-state index in [1.54, 1.807) is 6.92 Å². The fraction of sp³-hybridized carbons (Fsp3) is 0.550. The number of hydrogen-bond acceptors (Lipinski definition) is 3. The fourth-order valence-corrected chi connectivity index (χ4v) is 2.46. The molecule has 0 aliphatic carbocycles. The quantitative estimate of drug-likeness (QED) is 0.345. The molecular formula is C20H30N2O2. The molecule has 4 nitrogen and oxygen atoms in total. The Labute approximate surface area is 145 Å². The Morgan fingerprint density at radius 1 is 0.917 bits per heavy atom. The molecule has 1 amide bonds. The van der Waals surface area contributed by atoms with Crippen LogP contribution in [0.1, 0.15) is 77.2 Å². The third kappa shape index (κ3) is 9.23. The van der Waals surface area contributed by atoms with E-state index in [0.717, 1.165) is 49.8 Å². The number of hydrazone groups is 1. The summed E-state index contributed by atoms with van der Waals surface area (Å²) in [4.78, 5) is 22.9. The molecule has 0 bridgehead atoms. The zero-order valence-electron chi connectivity index (χ0n) is 15.0. The van der Waals surface area contributed by atoms with Crippen LogP contribution in [0.5, 0.6) is 0 Å². The molecule has 1 aromatic rings. The molecule has 0 aliphatic heterocycles. The molecule has 0 radical (unpaired) electrons. The summed E-state index contributed by atoms with van der Waals surface area (Å²) in [5, 5.41) is 4.34. The first-order valence-electron chi connectivity index (χ1n) is 9.03. The summed E-state index contributed by atoms with van der Waals surface area (Å²) >= 11 is 0. The Morgan fingerprint density at radius 3 is 2.25 bits per heavy atom. The van der Waals surface area contributed by atoms with Crippen LogP contribution in [0, 0.1) is 0 Å². The van der Waals surface area contributed by atoms with E-state index in [1.807, 2.05) is 30.3 Å². The number of carbonyl (C=O) groups is 2. The fourth-order valence-electron chi connectivity index (χ4n) is 2.46. The zero-order valence-corrected chi connectivity index (χ0v) is 15.0. The topological polar surface area (TPSA) is 58.5 Å². The van der Waals surface area contributed by atoms with Gasteiger partial charge in [-0.2, -0.15) is 5.10 Å². The second-order valence-electron chi connectivity index (χ2n) is 6.18. The van der Waals surface area contributed by atoms with E-state index in [1.165, 1.54) is 6.42 Å². The van der Waals surface area contributed by atoms with Crippen LogP contribution in [0.2, 0.25) is 0 Å². The number of unbranched alkanes of at least 4 members (excludes halogenated alkanes) is 4. The molecule has 0 aromatic heterocycles. The minimum absolute atomic E-state index is 0.0247. The lowest BCUT2D eigenvalue weighted by Crippen LogP contribution is -2.19. The predicted octanol–water partition coefficient (Wildman–Crippen LogP) is 4.63. The van der Waals surface area contributed by atoms with Gasteiger partial charge >= 0.3 is 0 Å². The molecule has 0 aliphatic rings. The van der Waals surface area contributed by atoms with Crippen molar-refractivity contribution in [3.05, 3.63) is 35.9 Å². The zero-order chi connectivity index (χ0) is 17.6. The minimum atomic E-state index is -0.0247. The van der Waals surface area contributed by atoms with Crippen LogP contribution in [0.15, 0.2) is 35.4 Å². The first kappa shape index (κ1) is 20.1. The molecule has 24 heavy (non-hydrogen) atoms. The molecule has 0 atom stereocenters. The molecular weight excluding hydrogens is 300 g/mol. The minimum Gasteiger partial charge on any atom is -0.300 e. The maximum absolute atomic E-state index is 11.9. The predicted molar refractivity (Wildman–Crippen MR) is 99.0 cm³/mol. The van der Waals surface area contributed by atoms with Crippen LogP contribution in [0.4, 0.5) is 0 Å². The van der Waals surface area contributed by atoms with Crippen molar-refractivity contribution in [3.8, 4) is 0 Å². The van der Waals surface area contributed by atoms with Crippen molar-refractivity contribution in [2.75, 3.05) is 0 Å². The van der Waals surface area contributed by atoms with Crippen LogP contribution in [-0.4, -0.2) is 17.4 Å². The molecule has 132 valence electrons. The smallest absolute Gasteiger partial charge is 0.240 e. The summed E-state index contributed by atoms with van der Waals surface area (Å²) in [5.41, 5.74) is 4.59. The van der Waals surface area contributed by atoms with Gasteiger partial charge in [0.2, 0.25) is 5.91 Å². The number of ketones is 1. The maximum Gasteiger partial charge on any atom is 0.240 e. The van der Waals surface area contributed by atoms with E-state index in [4.69, 9.17) is 0 Å². The number of amides is 1. The van der Waals surface area contributed by atoms with Crippen LogP contribution < -0.4 is 5.43 Å². The number of nitrogens with one attached hydrogen (secondary N) is 1. The van der Waals surface area contributed by atoms with Gasteiger partial charge in [0.25, 0.3) is 0 Å². The van der Waals surface area contributed by atoms with Gasteiger partial charge < -0.3 is 4.79 Å². The van der Waals surface area contributed by atoms with Gasteiger partial charge in [-0.05, 0) is 38.2 Å². The number of benzene rings is 1. The van der Waals surface area contributed by atoms with Crippen molar-refractivity contribution < 1.29 is 9.59 Å². The Morgan fingerprint density at radius 2 is 1.58 bits per heavy atom. The van der Waals surface area contributed by atoms with Crippen molar-refractivity contribution in [3.63, 3.8) is 0 Å². The lowest BCUT2D eigenvalue weighted by Gasteiger charge is -2.08. The van der Waals surface area contributed by atoms with E-state index >= 15 is 0 Å². The SMILES string of the molecule is CCCCCCC(=O)N/N=C(/CCCCC(C)=O)c1ccccc1. The Kier molecular flexibility index (Phi) is 10.4. The molecule has 0 saturated carbocycles. The van der Waals surface area contributed by atoms with Gasteiger partial charge in [-0.1, -0.05) is 56.5 Å². The summed E-state index contributed by atoms with van der Waals surface area (Å²) in [7, 11) is 0. The van der Waals surface area contributed by atoms with Crippen LogP contribution >= 0.6 is 0 Å². The van der Waals surface area contributed by atoms with E-state index in [9.17, 15) is 9.59 Å². The van der Waals surface area contributed by atoms with E-state index in [-0.39, 0.29) is 11.7 Å². The second-order valence-corrected chi connectivity index (χ2v) is 6.18. The first-order valence-corrected chi connectivity index (χ1v) is 9.03. The van der Waals surface area contributed by atoms with Gasteiger partial charge in [0, 0.05) is 12.8 Å². The average Bonchev–Trinajstić information content (AvgIpc) is 2.58. The standard InChI is InChI=1S/C20H30N2O2/c1-3-4-5-9-16-20(24)22-21-19(15-11-10-12-17(2)23)18-13-7-6-8-14-18/h6-8,13-14H,3-5,9-12,15-16H2,1-2H3,(H,22,24)/b21-19-. The van der Waals surface area contributed by atoms with Gasteiger partial charge in [0.1, 0.15) is 5.78 Å². The number of rotatable bonds is 12. The summed E-state index contributed by atoms with van der Waals surface area (Å²) in [6.07, 6.45) is 7.96. The molecule has 0 heterocycles. The molecule has 1 rings (SSSR count). The first-order chi connectivity index (χ1) is 11.6. The molecule has 0 unspecified atom stereocenters. The molecule has 0 spiro atoms. The van der Waals surface area contributed by atoms with Crippen LogP contribution in [0.3, 0.4) is 0 Å². The highest BCUT2D eigenvalue weighted by molar-refractivity contribution is 6.01. The van der Waals surface area contributed by atoms with Crippen molar-refractivity contribution in [1.82, 2.24) is 5.43 Å². The number of carbonyl (C=O) groups excluding carboxylic acids is 2. The molecule has 4 heteroatoms. The summed E-state index contributed by atoms with van der Waals surface area (Å²) < 4.78 is 0. The monoisotopic (exact) mass is 330 g/mol. The van der Waals surface area contributed by atoms with E-state index in [2.05, 4.69) is 17.5 Å². The second kappa shape index (κ2) is 12.5. The highest BCUT2D eigenvalue weighted by Crippen LogP contribution is 2.10.